The van der Waals surface area contributed by atoms with E-state index in [0.717, 1.165) is 11.8 Å². The first-order valence-corrected chi connectivity index (χ1v) is 7.34. The van der Waals surface area contributed by atoms with Gasteiger partial charge in [0.1, 0.15) is 6.61 Å². The summed E-state index contributed by atoms with van der Waals surface area (Å²) < 4.78 is 5.88. The van der Waals surface area contributed by atoms with Crippen molar-refractivity contribution >= 4 is 23.2 Å². The van der Waals surface area contributed by atoms with Crippen LogP contribution in [0.15, 0.2) is 36.5 Å². The molecule has 0 radical (unpaired) electrons. The third kappa shape index (κ3) is 5.18. The Balaban J connectivity index is 0.00000220. The molecule has 116 valence electrons. The molecular formula is C17H25ClN2O. The molecule has 1 heterocycles. The van der Waals surface area contributed by atoms with Crippen molar-refractivity contribution in [2.75, 3.05) is 20.7 Å². The molecular weight excluding hydrogens is 284 g/mol. The standard InChI is InChI=1S/C17H24N2O.ClH/c1-4-5-10-16(19(2)3)13-20-17-11-14-8-6-7-9-15(14)12-18-17;/h6-9,11-12,16H,4-5,10,13H2,1-3H3;1H. The van der Waals surface area contributed by atoms with E-state index in [0.29, 0.717) is 18.5 Å². The van der Waals surface area contributed by atoms with Gasteiger partial charge in [0, 0.05) is 23.7 Å². The lowest BCUT2D eigenvalue weighted by Gasteiger charge is -2.24. The normalized spacial score (nSPS) is 12.2. The molecule has 1 unspecified atom stereocenters. The molecule has 2 rings (SSSR count). The van der Waals surface area contributed by atoms with Crippen LogP contribution in [0.2, 0.25) is 0 Å². The van der Waals surface area contributed by atoms with Gasteiger partial charge in [-0.2, -0.15) is 0 Å². The van der Waals surface area contributed by atoms with E-state index in [4.69, 9.17) is 4.74 Å². The maximum absolute atomic E-state index is 5.88. The Morgan fingerprint density at radius 1 is 1.19 bits per heavy atom. The van der Waals surface area contributed by atoms with Crippen LogP contribution in [0, 0.1) is 0 Å². The summed E-state index contributed by atoms with van der Waals surface area (Å²) in [5, 5.41) is 2.32. The summed E-state index contributed by atoms with van der Waals surface area (Å²) in [6.07, 6.45) is 5.49. The van der Waals surface area contributed by atoms with E-state index in [9.17, 15) is 0 Å². The number of unbranched alkanes of at least 4 members (excludes halogenated alkanes) is 1. The molecule has 0 bridgehead atoms. The summed E-state index contributed by atoms with van der Waals surface area (Å²) in [7, 11) is 4.22. The number of rotatable bonds is 7. The Morgan fingerprint density at radius 2 is 1.90 bits per heavy atom. The Kier molecular flexibility index (Phi) is 7.48. The average molecular weight is 309 g/mol. The summed E-state index contributed by atoms with van der Waals surface area (Å²) in [5.74, 6) is 0.715. The fourth-order valence-corrected chi connectivity index (χ4v) is 2.25. The molecule has 0 aliphatic rings. The highest BCUT2D eigenvalue weighted by molar-refractivity contribution is 5.85. The molecule has 0 fully saturated rings. The van der Waals surface area contributed by atoms with Gasteiger partial charge in [0.25, 0.3) is 0 Å². The summed E-state index contributed by atoms with van der Waals surface area (Å²) in [4.78, 5) is 6.61. The van der Waals surface area contributed by atoms with Crippen molar-refractivity contribution in [3.63, 3.8) is 0 Å². The van der Waals surface area contributed by atoms with Crippen LogP contribution in [-0.4, -0.2) is 36.6 Å². The number of ether oxygens (including phenoxy) is 1. The highest BCUT2D eigenvalue weighted by Crippen LogP contribution is 2.18. The SMILES string of the molecule is CCCCC(COc1cc2ccccc2cn1)N(C)C.Cl. The van der Waals surface area contributed by atoms with Crippen molar-refractivity contribution in [1.82, 2.24) is 9.88 Å². The van der Waals surface area contributed by atoms with Crippen LogP contribution in [0.25, 0.3) is 10.8 Å². The largest absolute Gasteiger partial charge is 0.476 e. The molecule has 4 heteroatoms. The molecule has 0 saturated heterocycles. The van der Waals surface area contributed by atoms with Gasteiger partial charge in [-0.3, -0.25) is 0 Å². The van der Waals surface area contributed by atoms with Crippen LogP contribution < -0.4 is 4.74 Å². The van der Waals surface area contributed by atoms with Gasteiger partial charge >= 0.3 is 0 Å². The van der Waals surface area contributed by atoms with Crippen LogP contribution >= 0.6 is 12.4 Å². The first-order valence-electron chi connectivity index (χ1n) is 7.34. The van der Waals surface area contributed by atoms with Crippen molar-refractivity contribution in [2.24, 2.45) is 0 Å². The van der Waals surface area contributed by atoms with Crippen LogP contribution in [0.3, 0.4) is 0 Å². The quantitative estimate of drug-likeness (QED) is 0.768. The molecule has 2 aromatic rings. The van der Waals surface area contributed by atoms with Gasteiger partial charge in [-0.15, -0.1) is 12.4 Å². The molecule has 3 nitrogen and oxygen atoms in total. The van der Waals surface area contributed by atoms with Gasteiger partial charge in [0.05, 0.1) is 0 Å². The number of likely N-dealkylation sites (N-methyl/N-ethyl adjacent to an activating group) is 1. The lowest BCUT2D eigenvalue weighted by Crippen LogP contribution is -2.33. The smallest absolute Gasteiger partial charge is 0.213 e. The summed E-state index contributed by atoms with van der Waals surface area (Å²) in [6.45, 7) is 2.91. The first-order chi connectivity index (χ1) is 9.70. The predicted molar refractivity (Wildman–Crippen MR) is 91.5 cm³/mol. The van der Waals surface area contributed by atoms with Crippen molar-refractivity contribution < 1.29 is 4.74 Å². The van der Waals surface area contributed by atoms with E-state index >= 15 is 0 Å². The number of benzene rings is 1. The van der Waals surface area contributed by atoms with E-state index in [1.165, 1.54) is 18.2 Å². The minimum Gasteiger partial charge on any atom is -0.476 e. The second-order valence-electron chi connectivity index (χ2n) is 5.44. The second-order valence-corrected chi connectivity index (χ2v) is 5.44. The third-order valence-electron chi connectivity index (χ3n) is 3.65. The lowest BCUT2D eigenvalue weighted by molar-refractivity contribution is 0.170. The molecule has 0 aliphatic heterocycles. The van der Waals surface area contributed by atoms with Crippen molar-refractivity contribution in [3.05, 3.63) is 36.5 Å². The highest BCUT2D eigenvalue weighted by atomic mass is 35.5. The van der Waals surface area contributed by atoms with Crippen LogP contribution in [-0.2, 0) is 0 Å². The van der Waals surface area contributed by atoms with Gasteiger partial charge in [0.15, 0.2) is 0 Å². The number of hydrogen-bond acceptors (Lipinski definition) is 3. The molecule has 0 aliphatic carbocycles. The molecule has 0 spiro atoms. The number of nitrogens with zero attached hydrogens (tertiary/aromatic N) is 2. The molecule has 0 amide bonds. The van der Waals surface area contributed by atoms with Gasteiger partial charge in [-0.1, -0.05) is 44.0 Å². The average Bonchev–Trinajstić information content (AvgIpc) is 2.46. The number of fused-ring (bicyclic) bond motifs is 1. The molecule has 21 heavy (non-hydrogen) atoms. The van der Waals surface area contributed by atoms with Gasteiger partial charge in [-0.05, 0) is 25.9 Å². The summed E-state index contributed by atoms with van der Waals surface area (Å²) in [5.41, 5.74) is 0. The summed E-state index contributed by atoms with van der Waals surface area (Å²) >= 11 is 0. The predicted octanol–water partition coefficient (Wildman–Crippen LogP) is 4.16. The van der Waals surface area contributed by atoms with Crippen molar-refractivity contribution in [2.45, 2.75) is 32.2 Å². The molecule has 0 saturated carbocycles. The Bertz CT molecular complexity index is 545. The van der Waals surface area contributed by atoms with Crippen LogP contribution in [0.1, 0.15) is 26.2 Å². The Labute approximate surface area is 133 Å². The highest BCUT2D eigenvalue weighted by Gasteiger charge is 2.12. The van der Waals surface area contributed by atoms with Crippen molar-refractivity contribution in [3.8, 4) is 5.88 Å². The fraction of sp³-hybridized carbons (Fsp3) is 0.471. The minimum absolute atomic E-state index is 0. The number of halogens is 1. The van der Waals surface area contributed by atoms with Crippen LogP contribution in [0.4, 0.5) is 0 Å². The maximum Gasteiger partial charge on any atom is 0.213 e. The van der Waals surface area contributed by atoms with Gasteiger partial charge < -0.3 is 9.64 Å². The second kappa shape index (κ2) is 8.85. The summed E-state index contributed by atoms with van der Waals surface area (Å²) in [6, 6.07) is 10.7. The molecule has 1 atom stereocenters. The molecule has 0 N–H and O–H groups in total. The topological polar surface area (TPSA) is 25.4 Å². The number of pyridine rings is 1. The van der Waals surface area contributed by atoms with E-state index in [2.05, 4.69) is 43.0 Å². The number of aromatic nitrogens is 1. The Hall–Kier alpha value is -1.32. The maximum atomic E-state index is 5.88. The van der Waals surface area contributed by atoms with Gasteiger partial charge in [0.2, 0.25) is 5.88 Å². The van der Waals surface area contributed by atoms with Crippen LogP contribution in [0.5, 0.6) is 5.88 Å². The lowest BCUT2D eigenvalue weighted by atomic mass is 10.1. The van der Waals surface area contributed by atoms with E-state index in [-0.39, 0.29) is 12.4 Å². The van der Waals surface area contributed by atoms with Gasteiger partial charge in [-0.25, -0.2) is 4.98 Å². The fourth-order valence-electron chi connectivity index (χ4n) is 2.25. The van der Waals surface area contributed by atoms with E-state index in [1.54, 1.807) is 0 Å². The monoisotopic (exact) mass is 308 g/mol. The minimum atomic E-state index is 0. The third-order valence-corrected chi connectivity index (χ3v) is 3.65. The zero-order valence-corrected chi connectivity index (χ0v) is 13.9. The zero-order chi connectivity index (χ0) is 14.4. The zero-order valence-electron chi connectivity index (χ0n) is 13.1. The van der Waals surface area contributed by atoms with E-state index in [1.807, 2.05) is 24.4 Å². The molecule has 1 aromatic heterocycles. The first kappa shape index (κ1) is 17.7. The van der Waals surface area contributed by atoms with E-state index < -0.39 is 0 Å². The molecule has 1 aromatic carbocycles. The van der Waals surface area contributed by atoms with Crippen molar-refractivity contribution in [1.29, 1.82) is 0 Å². The Morgan fingerprint density at radius 3 is 2.57 bits per heavy atom. The number of hydrogen-bond donors (Lipinski definition) is 0.